The fourth-order valence-electron chi connectivity index (χ4n) is 2.44. The van der Waals surface area contributed by atoms with Crippen molar-refractivity contribution in [3.63, 3.8) is 0 Å². The second-order valence-electron chi connectivity index (χ2n) is 5.45. The number of halogens is 2. The third-order valence-electron chi connectivity index (χ3n) is 3.83. The van der Waals surface area contributed by atoms with Crippen LogP contribution in [0.25, 0.3) is 0 Å². The van der Waals surface area contributed by atoms with Crippen LogP contribution in [-0.4, -0.2) is 11.7 Å². The summed E-state index contributed by atoms with van der Waals surface area (Å²) < 4.78 is 0.843. The molecule has 0 aromatic heterocycles. The van der Waals surface area contributed by atoms with Gasteiger partial charge in [0.15, 0.2) is 0 Å². The fraction of sp³-hybridized carbons (Fsp3) is 0.294. The highest BCUT2D eigenvalue weighted by atomic mass is 79.9. The van der Waals surface area contributed by atoms with Gasteiger partial charge in [-0.3, -0.25) is 0 Å². The predicted molar refractivity (Wildman–Crippen MR) is 91.0 cm³/mol. The Morgan fingerprint density at radius 1 is 1.19 bits per heavy atom. The van der Waals surface area contributed by atoms with Crippen LogP contribution in [-0.2, 0) is 0 Å². The molecular weight excluding hydrogens is 350 g/mol. The van der Waals surface area contributed by atoms with Gasteiger partial charge in [0, 0.05) is 10.2 Å². The molecule has 2 nitrogen and oxygen atoms in total. The summed E-state index contributed by atoms with van der Waals surface area (Å²) >= 11 is 9.41. The first-order valence-electron chi connectivity index (χ1n) is 7.09. The number of hydrogen-bond acceptors (Lipinski definition) is 2. The first kappa shape index (κ1) is 14.9. The lowest BCUT2D eigenvalue weighted by molar-refractivity contribution is 0.276. The van der Waals surface area contributed by atoms with Crippen LogP contribution < -0.4 is 5.32 Å². The van der Waals surface area contributed by atoms with Gasteiger partial charge >= 0.3 is 0 Å². The molecule has 0 bridgehead atoms. The maximum Gasteiger partial charge on any atom is 0.0745 e. The van der Waals surface area contributed by atoms with Crippen molar-refractivity contribution in [3.05, 3.63) is 63.1 Å². The molecule has 1 saturated carbocycles. The van der Waals surface area contributed by atoms with Gasteiger partial charge in [-0.2, -0.15) is 0 Å². The van der Waals surface area contributed by atoms with Crippen LogP contribution in [0.2, 0.25) is 5.02 Å². The Hall–Kier alpha value is -1.03. The summed E-state index contributed by atoms with van der Waals surface area (Å²) in [5.74, 6) is 0.756. The quantitative estimate of drug-likeness (QED) is 0.769. The third-order valence-corrected chi connectivity index (χ3v) is 5.04. The van der Waals surface area contributed by atoms with Gasteiger partial charge in [-0.25, -0.2) is 0 Å². The van der Waals surface area contributed by atoms with Crippen LogP contribution in [0.4, 0.5) is 5.69 Å². The summed E-state index contributed by atoms with van der Waals surface area (Å²) in [7, 11) is 0. The summed E-state index contributed by atoms with van der Waals surface area (Å²) in [6.45, 7) is 0.0447. The number of benzene rings is 2. The molecule has 1 unspecified atom stereocenters. The van der Waals surface area contributed by atoms with Crippen molar-refractivity contribution in [2.75, 3.05) is 11.9 Å². The smallest absolute Gasteiger partial charge is 0.0745 e. The number of anilines is 1. The Morgan fingerprint density at radius 3 is 2.48 bits per heavy atom. The van der Waals surface area contributed by atoms with Gasteiger partial charge in [0.1, 0.15) is 0 Å². The SMILES string of the molecule is OCC(Nc1ccc(Cl)c(Br)c1)c1ccc(C2CC2)cc1. The predicted octanol–water partition coefficient (Wildman–Crippen LogP) is 5.13. The van der Waals surface area contributed by atoms with Gasteiger partial charge in [0.2, 0.25) is 0 Å². The minimum Gasteiger partial charge on any atom is -0.394 e. The van der Waals surface area contributed by atoms with Crippen molar-refractivity contribution in [2.45, 2.75) is 24.8 Å². The Balaban J connectivity index is 1.75. The molecule has 110 valence electrons. The summed E-state index contributed by atoms with van der Waals surface area (Å²) in [5, 5.41) is 13.7. The topological polar surface area (TPSA) is 32.3 Å². The zero-order chi connectivity index (χ0) is 14.8. The third kappa shape index (κ3) is 3.60. The lowest BCUT2D eigenvalue weighted by Crippen LogP contribution is -2.14. The summed E-state index contributed by atoms with van der Waals surface area (Å²) in [6.07, 6.45) is 2.61. The highest BCUT2D eigenvalue weighted by Crippen LogP contribution is 2.40. The van der Waals surface area contributed by atoms with Crippen LogP contribution in [0.3, 0.4) is 0 Å². The van der Waals surface area contributed by atoms with Gasteiger partial charge in [-0.05, 0) is 64.0 Å². The minimum atomic E-state index is -0.119. The second-order valence-corrected chi connectivity index (χ2v) is 6.71. The van der Waals surface area contributed by atoms with E-state index in [-0.39, 0.29) is 12.6 Å². The van der Waals surface area contributed by atoms with E-state index in [9.17, 15) is 5.11 Å². The first-order valence-corrected chi connectivity index (χ1v) is 8.27. The van der Waals surface area contributed by atoms with Gasteiger partial charge < -0.3 is 10.4 Å². The maximum atomic E-state index is 9.66. The van der Waals surface area contributed by atoms with Crippen LogP contribution in [0.1, 0.15) is 35.9 Å². The Morgan fingerprint density at radius 2 is 1.90 bits per heavy atom. The van der Waals surface area contributed by atoms with Crippen molar-refractivity contribution in [1.29, 1.82) is 0 Å². The summed E-state index contributed by atoms with van der Waals surface area (Å²) in [5.41, 5.74) is 3.43. The molecule has 1 aliphatic carbocycles. The Bertz CT molecular complexity index is 625. The molecule has 0 heterocycles. The molecule has 3 rings (SSSR count). The number of rotatable bonds is 5. The normalized spacial score (nSPS) is 15.8. The van der Waals surface area contributed by atoms with Crippen LogP contribution in [0.15, 0.2) is 46.9 Å². The highest BCUT2D eigenvalue weighted by molar-refractivity contribution is 9.10. The molecule has 2 aromatic carbocycles. The molecule has 0 amide bonds. The Kier molecular flexibility index (Phi) is 4.53. The monoisotopic (exact) mass is 365 g/mol. The lowest BCUT2D eigenvalue weighted by atomic mass is 10.0. The Labute approximate surface area is 138 Å². The van der Waals surface area contributed by atoms with E-state index in [1.54, 1.807) is 0 Å². The van der Waals surface area contributed by atoms with Gasteiger partial charge in [-0.15, -0.1) is 0 Å². The molecule has 2 aromatic rings. The largest absolute Gasteiger partial charge is 0.394 e. The standard InChI is InChI=1S/C17H17BrClNO/c18-15-9-14(7-8-16(15)19)20-17(10-21)13-5-3-12(4-6-13)11-1-2-11/h3-9,11,17,20-21H,1-2,10H2. The van der Waals surface area contributed by atoms with E-state index in [2.05, 4.69) is 45.5 Å². The van der Waals surface area contributed by atoms with E-state index in [0.717, 1.165) is 21.6 Å². The highest BCUT2D eigenvalue weighted by Gasteiger charge is 2.23. The van der Waals surface area contributed by atoms with E-state index in [4.69, 9.17) is 11.6 Å². The van der Waals surface area contributed by atoms with Gasteiger partial charge in [-0.1, -0.05) is 35.9 Å². The van der Waals surface area contributed by atoms with E-state index < -0.39 is 0 Å². The second kappa shape index (κ2) is 6.39. The van der Waals surface area contributed by atoms with E-state index in [1.165, 1.54) is 18.4 Å². The van der Waals surface area contributed by atoms with Crippen LogP contribution in [0, 0.1) is 0 Å². The summed E-state index contributed by atoms with van der Waals surface area (Å²) in [4.78, 5) is 0. The molecule has 2 N–H and O–H groups in total. The van der Waals surface area contributed by atoms with Crippen molar-refractivity contribution in [2.24, 2.45) is 0 Å². The molecule has 0 aliphatic heterocycles. The van der Waals surface area contributed by atoms with E-state index in [1.807, 2.05) is 18.2 Å². The molecule has 0 saturated heterocycles. The first-order chi connectivity index (χ1) is 10.2. The lowest BCUT2D eigenvalue weighted by Gasteiger charge is -2.19. The minimum absolute atomic E-state index is 0.0447. The zero-order valence-corrected chi connectivity index (χ0v) is 13.9. The fourth-order valence-corrected chi connectivity index (χ4v) is 2.93. The molecule has 1 aliphatic rings. The maximum absolute atomic E-state index is 9.66. The average molecular weight is 367 g/mol. The van der Waals surface area contributed by atoms with E-state index >= 15 is 0 Å². The van der Waals surface area contributed by atoms with Crippen molar-refractivity contribution in [3.8, 4) is 0 Å². The average Bonchev–Trinajstić information content (AvgIpc) is 3.33. The molecule has 0 radical (unpaired) electrons. The molecule has 0 spiro atoms. The van der Waals surface area contributed by atoms with Crippen LogP contribution in [0.5, 0.6) is 0 Å². The molecule has 21 heavy (non-hydrogen) atoms. The van der Waals surface area contributed by atoms with Crippen LogP contribution >= 0.6 is 27.5 Å². The molecule has 1 atom stereocenters. The van der Waals surface area contributed by atoms with Crippen molar-refractivity contribution in [1.82, 2.24) is 0 Å². The van der Waals surface area contributed by atoms with Gasteiger partial charge in [0.25, 0.3) is 0 Å². The number of aliphatic hydroxyl groups is 1. The summed E-state index contributed by atoms with van der Waals surface area (Å²) in [6, 6.07) is 14.1. The zero-order valence-electron chi connectivity index (χ0n) is 11.5. The number of hydrogen-bond donors (Lipinski definition) is 2. The molecule has 1 fully saturated rings. The number of nitrogens with one attached hydrogen (secondary N) is 1. The van der Waals surface area contributed by atoms with Crippen molar-refractivity contribution >= 4 is 33.2 Å². The van der Waals surface area contributed by atoms with E-state index in [0.29, 0.717) is 5.02 Å². The van der Waals surface area contributed by atoms with Gasteiger partial charge in [0.05, 0.1) is 17.7 Å². The molecular formula is C17H17BrClNO. The van der Waals surface area contributed by atoms with Crippen molar-refractivity contribution < 1.29 is 5.11 Å². The number of aliphatic hydroxyl groups excluding tert-OH is 1. The molecule has 4 heteroatoms.